The van der Waals surface area contributed by atoms with Crippen LogP contribution in [0.3, 0.4) is 0 Å². The number of hydrogen-bond acceptors (Lipinski definition) is 8. The second-order valence-corrected chi connectivity index (χ2v) is 14.7. The van der Waals surface area contributed by atoms with Crippen molar-refractivity contribution in [1.29, 1.82) is 0 Å². The van der Waals surface area contributed by atoms with Crippen LogP contribution in [0, 0.1) is 12.3 Å². The molecule has 2 aliphatic heterocycles. The van der Waals surface area contributed by atoms with E-state index in [0.717, 1.165) is 44.2 Å². The Morgan fingerprint density at radius 3 is 2.66 bits per heavy atom. The first-order valence-corrected chi connectivity index (χ1v) is 17.9. The topological polar surface area (TPSA) is 126 Å². The molecule has 2 bridgehead atoms. The summed E-state index contributed by atoms with van der Waals surface area (Å²) in [6.07, 6.45) is 13.2. The van der Waals surface area contributed by atoms with Crippen LogP contribution in [0.5, 0.6) is 0 Å². The zero-order chi connectivity index (χ0) is 35.2. The molecule has 1 aromatic carbocycles. The predicted octanol–water partition coefficient (Wildman–Crippen LogP) is 6.19. The fourth-order valence-corrected chi connectivity index (χ4v) is 7.90. The van der Waals surface area contributed by atoms with Gasteiger partial charge in [-0.3, -0.25) is 19.1 Å². The monoisotopic (exact) mass is 742 g/mol. The molecule has 1 aliphatic carbocycles. The third-order valence-electron chi connectivity index (χ3n) is 10.2. The van der Waals surface area contributed by atoms with Crippen LogP contribution < -0.4 is 5.32 Å². The van der Waals surface area contributed by atoms with E-state index in [1.807, 2.05) is 12.1 Å². The summed E-state index contributed by atoms with van der Waals surface area (Å²) in [6, 6.07) is 6.39. The third kappa shape index (κ3) is 6.60. The van der Waals surface area contributed by atoms with Gasteiger partial charge >= 0.3 is 0 Å². The maximum Gasteiger partial charge on any atom is 0.248 e. The number of aromatic nitrogens is 5. The summed E-state index contributed by atoms with van der Waals surface area (Å²) in [6.45, 7) is 3.64. The van der Waals surface area contributed by atoms with E-state index in [-0.39, 0.29) is 41.3 Å². The number of carbonyl (C=O) groups excluding carboxylic acids is 3. The number of ketones is 1. The van der Waals surface area contributed by atoms with Crippen molar-refractivity contribution < 1.29 is 18.8 Å². The summed E-state index contributed by atoms with van der Waals surface area (Å²) in [5.74, 6) is 0.144. The molecule has 2 amide bonds. The second-order valence-electron chi connectivity index (χ2n) is 13.8. The van der Waals surface area contributed by atoms with Gasteiger partial charge < -0.3 is 15.1 Å². The van der Waals surface area contributed by atoms with E-state index in [4.69, 9.17) is 0 Å². The Morgan fingerprint density at radius 1 is 1.10 bits per heavy atom. The highest BCUT2D eigenvalue weighted by atomic mass is 79.9. The number of likely N-dealkylation sites (tertiary alicyclic amines) is 1. The van der Waals surface area contributed by atoms with Crippen LogP contribution in [0.2, 0.25) is 0 Å². The van der Waals surface area contributed by atoms with Crippen LogP contribution >= 0.6 is 15.9 Å². The lowest BCUT2D eigenvalue weighted by Crippen LogP contribution is -2.47. The minimum Gasteiger partial charge on any atom is -0.325 e. The SMILES string of the molecule is CC(=O)c1nn(CC(=O)N2[C@H]3C[C@@]4(C=CCCCCCN(C)Cc5ccc(Br)nc5NC3=O)C[C@@H]24)c2c(CF)cc(-c3cnc(C)nc3)cc12. The Bertz CT molecular complexity index is 2010. The average Bonchev–Trinajstić information content (AvgIpc) is 3.49. The molecule has 1 spiro atoms. The van der Waals surface area contributed by atoms with Gasteiger partial charge in [-0.15, -0.1) is 0 Å². The minimum absolute atomic E-state index is 0.146. The molecule has 1 saturated heterocycles. The molecule has 3 aromatic heterocycles. The van der Waals surface area contributed by atoms with E-state index in [2.05, 4.69) is 65.4 Å². The van der Waals surface area contributed by atoms with Gasteiger partial charge in [0.05, 0.1) is 5.52 Å². The largest absolute Gasteiger partial charge is 0.325 e. The number of hydrogen-bond donors (Lipinski definition) is 1. The third-order valence-corrected chi connectivity index (χ3v) is 10.6. The van der Waals surface area contributed by atoms with Gasteiger partial charge in [0.25, 0.3) is 0 Å². The number of piperidine rings is 1. The number of amides is 2. The van der Waals surface area contributed by atoms with Crippen molar-refractivity contribution in [2.45, 2.75) is 84.2 Å². The summed E-state index contributed by atoms with van der Waals surface area (Å²) in [7, 11) is 2.06. The van der Waals surface area contributed by atoms with Crippen LogP contribution in [0.25, 0.3) is 22.0 Å². The molecule has 1 N–H and O–H groups in total. The normalized spacial score (nSPS) is 22.7. The zero-order valence-electron chi connectivity index (χ0n) is 28.5. The first-order chi connectivity index (χ1) is 24.1. The first kappa shape index (κ1) is 34.1. The number of nitrogens with zero attached hydrogens (tertiary/aromatic N) is 7. The molecule has 1 saturated carbocycles. The lowest BCUT2D eigenvalue weighted by atomic mass is 9.97. The van der Waals surface area contributed by atoms with E-state index in [9.17, 15) is 18.8 Å². The van der Waals surface area contributed by atoms with Gasteiger partial charge in [-0.05, 0) is 92.3 Å². The first-order valence-electron chi connectivity index (χ1n) is 17.1. The predicted molar refractivity (Wildman–Crippen MR) is 191 cm³/mol. The highest BCUT2D eigenvalue weighted by Gasteiger charge is 2.65. The highest BCUT2D eigenvalue weighted by molar-refractivity contribution is 9.10. The lowest BCUT2D eigenvalue weighted by molar-refractivity contribution is -0.138. The van der Waals surface area contributed by atoms with E-state index >= 15 is 0 Å². The number of alkyl halides is 1. The van der Waals surface area contributed by atoms with E-state index in [1.165, 1.54) is 11.6 Å². The lowest BCUT2D eigenvalue weighted by Gasteiger charge is -2.27. The molecule has 13 heteroatoms. The molecule has 2 fully saturated rings. The molecule has 0 unspecified atom stereocenters. The van der Waals surface area contributed by atoms with Crippen molar-refractivity contribution in [3.63, 3.8) is 0 Å². The van der Waals surface area contributed by atoms with Crippen LogP contribution in [-0.4, -0.2) is 77.8 Å². The van der Waals surface area contributed by atoms with Gasteiger partial charge in [0, 0.05) is 59.4 Å². The fraction of sp³-hybridized carbons (Fsp3) is 0.432. The molecule has 3 aliphatic rings. The summed E-state index contributed by atoms with van der Waals surface area (Å²) < 4.78 is 16.8. The Hall–Kier alpha value is -4.36. The van der Waals surface area contributed by atoms with Gasteiger partial charge in [-0.25, -0.2) is 19.3 Å². The molecular weight excluding hydrogens is 703 g/mol. The van der Waals surface area contributed by atoms with E-state index < -0.39 is 12.7 Å². The van der Waals surface area contributed by atoms with Gasteiger partial charge in [-0.1, -0.05) is 24.6 Å². The summed E-state index contributed by atoms with van der Waals surface area (Å²) in [4.78, 5) is 58.4. The van der Waals surface area contributed by atoms with Crippen molar-refractivity contribution in [3.8, 4) is 11.1 Å². The Kier molecular flexibility index (Phi) is 9.38. The van der Waals surface area contributed by atoms with Crippen molar-refractivity contribution in [3.05, 3.63) is 76.1 Å². The molecule has 11 nitrogen and oxygen atoms in total. The molecule has 260 valence electrons. The minimum atomic E-state index is -0.837. The number of allylic oxidation sites excluding steroid dienone is 1. The molecule has 7 rings (SSSR count). The van der Waals surface area contributed by atoms with Crippen LogP contribution in [-0.2, 0) is 29.4 Å². The Balaban J connectivity index is 1.24. The summed E-state index contributed by atoms with van der Waals surface area (Å²) >= 11 is 3.45. The highest BCUT2D eigenvalue weighted by Crippen LogP contribution is 2.61. The van der Waals surface area contributed by atoms with Gasteiger partial charge in [-0.2, -0.15) is 5.10 Å². The van der Waals surface area contributed by atoms with Crippen LogP contribution in [0.15, 0.2) is 53.4 Å². The summed E-state index contributed by atoms with van der Waals surface area (Å²) in [5, 5.41) is 8.07. The van der Waals surface area contributed by atoms with Crippen molar-refractivity contribution >= 4 is 50.2 Å². The number of Topliss-reactive ketones (excluding diaryl/α,β-unsaturated/α-hetero) is 1. The Morgan fingerprint density at radius 2 is 1.90 bits per heavy atom. The quantitative estimate of drug-likeness (QED) is 0.146. The number of halogens is 2. The van der Waals surface area contributed by atoms with Crippen LogP contribution in [0.1, 0.15) is 72.9 Å². The van der Waals surface area contributed by atoms with E-state index in [1.54, 1.807) is 36.4 Å². The number of nitrogens with one attached hydrogen (secondary N) is 1. The number of fused-ring (bicyclic) bond motifs is 3. The number of aryl methyl sites for hydroxylation is 1. The number of pyridine rings is 1. The molecule has 5 heterocycles. The van der Waals surface area contributed by atoms with Crippen LogP contribution in [0.4, 0.5) is 10.2 Å². The molecular formula is C37H40BrFN8O3. The molecule has 4 aromatic rings. The van der Waals surface area contributed by atoms with Gasteiger partial charge in [0.15, 0.2) is 5.78 Å². The zero-order valence-corrected chi connectivity index (χ0v) is 30.0. The molecule has 50 heavy (non-hydrogen) atoms. The molecule has 0 radical (unpaired) electrons. The summed E-state index contributed by atoms with van der Waals surface area (Å²) in [5.41, 5.74) is 2.74. The maximum atomic E-state index is 14.7. The standard InChI is InChI=1S/C37H40BrFN8O3/c1-22(48)33-28-14-25(27-18-40-23(2)41-19-27)13-26(17-39)34(28)46(44-33)21-32(49)47-29-15-37(16-30(37)47)11-7-5-4-6-8-12-45(3)20-24-9-10-31(38)42-35(24)43-36(29)50/h7,9-11,13-14,18-19,29-30H,4-6,8,12,15-17,20-21H2,1-3H3,(H,42,43,50)/t29-,30+,37-/m0/s1. The Labute approximate surface area is 298 Å². The number of carbonyl (C=O) groups is 3. The fourth-order valence-electron chi connectivity index (χ4n) is 7.59. The molecule has 3 atom stereocenters. The van der Waals surface area contributed by atoms with Crippen molar-refractivity contribution in [2.24, 2.45) is 5.41 Å². The number of rotatable bonds is 5. The van der Waals surface area contributed by atoms with Gasteiger partial charge in [0.1, 0.15) is 41.2 Å². The smallest absolute Gasteiger partial charge is 0.248 e. The van der Waals surface area contributed by atoms with Gasteiger partial charge in [0.2, 0.25) is 11.8 Å². The maximum absolute atomic E-state index is 14.7. The average molecular weight is 744 g/mol. The van der Waals surface area contributed by atoms with E-state index in [0.29, 0.717) is 56.8 Å². The van der Waals surface area contributed by atoms with Crippen molar-refractivity contribution in [2.75, 3.05) is 18.9 Å². The second kappa shape index (κ2) is 13.7. The number of benzene rings is 1. The number of anilines is 1. The van der Waals surface area contributed by atoms with Crippen molar-refractivity contribution in [1.82, 2.24) is 34.5 Å².